The molecule has 18 heavy (non-hydrogen) atoms. The molecule has 2 N–H and O–H groups in total. The minimum Gasteiger partial charge on any atom is -0.383 e. The fraction of sp³-hybridized carbons (Fsp3) is 0.143. The molecule has 0 atom stereocenters. The van der Waals surface area contributed by atoms with Crippen LogP contribution in [0.5, 0.6) is 0 Å². The van der Waals surface area contributed by atoms with Crippen molar-refractivity contribution in [3.63, 3.8) is 0 Å². The molecule has 0 unspecified atom stereocenters. The molecule has 0 spiro atoms. The van der Waals surface area contributed by atoms with Crippen LogP contribution in [0.2, 0.25) is 0 Å². The summed E-state index contributed by atoms with van der Waals surface area (Å²) in [6, 6.07) is 9.92. The number of rotatable bonds is 4. The first-order valence-electron chi connectivity index (χ1n) is 5.61. The minimum absolute atomic E-state index is 0.603. The first-order chi connectivity index (χ1) is 8.72. The number of thioether (sulfide) groups is 1. The second-order valence-corrected chi connectivity index (χ2v) is 4.92. The Morgan fingerprint density at radius 3 is 2.83 bits per heavy atom. The Bertz CT molecular complexity index is 546. The van der Waals surface area contributed by atoms with Crippen LogP contribution < -0.4 is 5.73 Å². The van der Waals surface area contributed by atoms with Crippen molar-refractivity contribution >= 4 is 30.0 Å². The van der Waals surface area contributed by atoms with E-state index in [0.29, 0.717) is 5.82 Å². The van der Waals surface area contributed by atoms with E-state index >= 15 is 0 Å². The number of aliphatic imine (C=N–C) groups is 1. The Balaban J connectivity index is 2.19. The summed E-state index contributed by atoms with van der Waals surface area (Å²) < 4.78 is 0. The zero-order valence-corrected chi connectivity index (χ0v) is 11.1. The van der Waals surface area contributed by atoms with Crippen molar-refractivity contribution in [2.75, 3.05) is 5.73 Å². The summed E-state index contributed by atoms with van der Waals surface area (Å²) in [7, 11) is 0. The molecule has 2 aromatic rings. The molecule has 0 amide bonds. The van der Waals surface area contributed by atoms with E-state index in [1.807, 2.05) is 37.3 Å². The zero-order valence-electron chi connectivity index (χ0n) is 10.3. The van der Waals surface area contributed by atoms with Gasteiger partial charge in [-0.1, -0.05) is 12.1 Å². The van der Waals surface area contributed by atoms with Crippen LogP contribution in [-0.2, 0) is 5.75 Å². The van der Waals surface area contributed by atoms with Gasteiger partial charge in [0.05, 0.1) is 5.69 Å². The number of hydrogen-bond donors (Lipinski definition) is 1. The fourth-order valence-corrected chi connectivity index (χ4v) is 2.79. The highest BCUT2D eigenvalue weighted by molar-refractivity contribution is 7.98. The third-order valence-corrected chi connectivity index (χ3v) is 3.82. The van der Waals surface area contributed by atoms with Gasteiger partial charge in [-0.05, 0) is 37.4 Å². The van der Waals surface area contributed by atoms with Crippen molar-refractivity contribution in [3.8, 4) is 0 Å². The van der Waals surface area contributed by atoms with Crippen LogP contribution in [0.4, 0.5) is 11.5 Å². The van der Waals surface area contributed by atoms with Crippen molar-refractivity contribution in [2.24, 2.45) is 4.99 Å². The maximum Gasteiger partial charge on any atom is 0.127 e. The predicted octanol–water partition coefficient (Wildman–Crippen LogP) is 3.60. The summed E-state index contributed by atoms with van der Waals surface area (Å²) in [5, 5.41) is 0. The summed E-state index contributed by atoms with van der Waals surface area (Å²) in [5.41, 5.74) is 9.05. The molecule has 2 rings (SSSR count). The number of pyridine rings is 1. The van der Waals surface area contributed by atoms with E-state index in [0.717, 1.165) is 21.9 Å². The number of benzene rings is 1. The summed E-state index contributed by atoms with van der Waals surface area (Å²) in [6.45, 7) is 5.63. The molecule has 0 aliphatic rings. The Kier molecular flexibility index (Phi) is 3.99. The van der Waals surface area contributed by atoms with E-state index in [4.69, 9.17) is 5.73 Å². The third-order valence-electron chi connectivity index (χ3n) is 2.73. The van der Waals surface area contributed by atoms with Gasteiger partial charge < -0.3 is 5.73 Å². The second kappa shape index (κ2) is 5.69. The number of aryl methyl sites for hydroxylation is 1. The molecular formula is C14H15N3S. The Morgan fingerprint density at radius 1 is 1.33 bits per heavy atom. The molecule has 0 aliphatic carbocycles. The Hall–Kier alpha value is -1.81. The first-order valence-corrected chi connectivity index (χ1v) is 6.59. The van der Waals surface area contributed by atoms with E-state index in [1.54, 1.807) is 18.0 Å². The lowest BCUT2D eigenvalue weighted by Crippen LogP contribution is -1.98. The second-order valence-electron chi connectivity index (χ2n) is 3.91. The van der Waals surface area contributed by atoms with Gasteiger partial charge in [0, 0.05) is 22.4 Å². The smallest absolute Gasteiger partial charge is 0.127 e. The molecule has 0 bridgehead atoms. The third kappa shape index (κ3) is 2.71. The fourth-order valence-electron chi connectivity index (χ4n) is 1.66. The van der Waals surface area contributed by atoms with E-state index in [1.165, 1.54) is 5.56 Å². The van der Waals surface area contributed by atoms with Gasteiger partial charge >= 0.3 is 0 Å². The quantitative estimate of drug-likeness (QED) is 0.672. The molecule has 0 radical (unpaired) electrons. The lowest BCUT2D eigenvalue weighted by atomic mass is 10.2. The first kappa shape index (κ1) is 12.6. The van der Waals surface area contributed by atoms with Gasteiger partial charge in [-0.2, -0.15) is 0 Å². The van der Waals surface area contributed by atoms with Crippen LogP contribution in [0.15, 0.2) is 46.4 Å². The standard InChI is InChI=1S/C14H15N3S/c1-10-7-8-17-14(15)11(10)9-18-13-6-4-3-5-12(13)16-2/h3-8H,2,9H2,1H3,(H2,15,17). The van der Waals surface area contributed by atoms with E-state index in [2.05, 4.69) is 16.7 Å². The van der Waals surface area contributed by atoms with E-state index in [-0.39, 0.29) is 0 Å². The summed E-state index contributed by atoms with van der Waals surface area (Å²) >= 11 is 1.70. The molecule has 3 nitrogen and oxygen atoms in total. The summed E-state index contributed by atoms with van der Waals surface area (Å²) in [5.74, 6) is 1.39. The molecule has 0 saturated carbocycles. The van der Waals surface area contributed by atoms with Crippen LogP contribution in [0.3, 0.4) is 0 Å². The number of anilines is 1. The normalized spacial score (nSPS) is 10.3. The van der Waals surface area contributed by atoms with Gasteiger partial charge in [0.25, 0.3) is 0 Å². The topological polar surface area (TPSA) is 51.3 Å². The number of para-hydroxylation sites is 1. The summed E-state index contributed by atoms with van der Waals surface area (Å²) in [4.78, 5) is 9.24. The number of aromatic nitrogens is 1. The molecule has 0 saturated heterocycles. The zero-order chi connectivity index (χ0) is 13.0. The largest absolute Gasteiger partial charge is 0.383 e. The lowest BCUT2D eigenvalue weighted by molar-refractivity contribution is 1.21. The van der Waals surface area contributed by atoms with Gasteiger partial charge in [0.2, 0.25) is 0 Å². The van der Waals surface area contributed by atoms with Crippen molar-refractivity contribution in [2.45, 2.75) is 17.6 Å². The van der Waals surface area contributed by atoms with Crippen LogP contribution in [0.1, 0.15) is 11.1 Å². The van der Waals surface area contributed by atoms with Gasteiger partial charge in [0.15, 0.2) is 0 Å². The van der Waals surface area contributed by atoms with Crippen molar-refractivity contribution in [3.05, 3.63) is 47.7 Å². The Morgan fingerprint density at radius 2 is 2.11 bits per heavy atom. The maximum absolute atomic E-state index is 5.90. The summed E-state index contributed by atoms with van der Waals surface area (Å²) in [6.07, 6.45) is 1.73. The number of hydrogen-bond acceptors (Lipinski definition) is 4. The molecule has 1 heterocycles. The van der Waals surface area contributed by atoms with Crippen molar-refractivity contribution in [1.82, 2.24) is 4.98 Å². The maximum atomic E-state index is 5.90. The SMILES string of the molecule is C=Nc1ccccc1SCc1c(C)ccnc1N. The van der Waals surface area contributed by atoms with Gasteiger partial charge in [0.1, 0.15) is 5.82 Å². The highest BCUT2D eigenvalue weighted by atomic mass is 32.2. The average Bonchev–Trinajstić information content (AvgIpc) is 2.38. The van der Waals surface area contributed by atoms with Crippen LogP contribution in [0.25, 0.3) is 0 Å². The average molecular weight is 257 g/mol. The van der Waals surface area contributed by atoms with Gasteiger partial charge in [-0.15, -0.1) is 11.8 Å². The highest BCUT2D eigenvalue weighted by Gasteiger charge is 2.06. The molecular weight excluding hydrogens is 242 g/mol. The van der Waals surface area contributed by atoms with Crippen LogP contribution >= 0.6 is 11.8 Å². The minimum atomic E-state index is 0.603. The monoisotopic (exact) mass is 257 g/mol. The molecule has 0 aliphatic heterocycles. The number of nitrogens with zero attached hydrogens (tertiary/aromatic N) is 2. The van der Waals surface area contributed by atoms with E-state index < -0.39 is 0 Å². The van der Waals surface area contributed by atoms with Gasteiger partial charge in [-0.25, -0.2) is 4.98 Å². The van der Waals surface area contributed by atoms with E-state index in [9.17, 15) is 0 Å². The molecule has 1 aromatic heterocycles. The number of nitrogens with two attached hydrogens (primary N) is 1. The molecule has 1 aromatic carbocycles. The molecule has 0 fully saturated rings. The predicted molar refractivity (Wildman–Crippen MR) is 78.6 cm³/mol. The lowest BCUT2D eigenvalue weighted by Gasteiger charge is -2.09. The van der Waals surface area contributed by atoms with Crippen LogP contribution in [-0.4, -0.2) is 11.7 Å². The van der Waals surface area contributed by atoms with Crippen molar-refractivity contribution in [1.29, 1.82) is 0 Å². The molecule has 92 valence electrons. The molecule has 4 heteroatoms. The van der Waals surface area contributed by atoms with Crippen LogP contribution in [0, 0.1) is 6.92 Å². The van der Waals surface area contributed by atoms with Crippen molar-refractivity contribution < 1.29 is 0 Å². The number of nitrogen functional groups attached to an aromatic ring is 1. The highest BCUT2D eigenvalue weighted by Crippen LogP contribution is 2.32. The Labute approximate surface area is 111 Å². The van der Waals surface area contributed by atoms with Gasteiger partial charge in [-0.3, -0.25) is 4.99 Å².